The summed E-state index contributed by atoms with van der Waals surface area (Å²) in [5.74, 6) is 0.00282. The molecule has 0 bridgehead atoms. The number of hydrogen-bond donors (Lipinski definition) is 1. The summed E-state index contributed by atoms with van der Waals surface area (Å²) in [5.41, 5.74) is 5.22. The van der Waals surface area contributed by atoms with Gasteiger partial charge in [-0.25, -0.2) is 8.42 Å². The normalized spacial score (nSPS) is 11.4. The van der Waals surface area contributed by atoms with E-state index < -0.39 is 9.84 Å². The molecule has 6 heteroatoms. The number of nitrogens with two attached hydrogens (primary N) is 1. The van der Waals surface area contributed by atoms with Crippen molar-refractivity contribution in [3.63, 3.8) is 0 Å². The topological polar surface area (TPSA) is 60.2 Å². The van der Waals surface area contributed by atoms with Gasteiger partial charge in [-0.05, 0) is 11.4 Å². The Morgan fingerprint density at radius 3 is 2.77 bits per heavy atom. The van der Waals surface area contributed by atoms with E-state index in [1.54, 1.807) is 17.5 Å². The van der Waals surface area contributed by atoms with Crippen LogP contribution in [0.1, 0.15) is 6.42 Å². The third-order valence-electron chi connectivity index (χ3n) is 1.42. The summed E-state index contributed by atoms with van der Waals surface area (Å²) in [7, 11) is -3.16. The lowest BCUT2D eigenvalue weighted by Gasteiger charge is -1.99. The predicted molar refractivity (Wildman–Crippen MR) is 57.8 cm³/mol. The molecule has 0 fully saturated rings. The maximum atomic E-state index is 11.5. The Hall–Kier alpha value is -0.460. The molecule has 2 N–H and O–H groups in total. The van der Waals surface area contributed by atoms with Crippen LogP contribution >= 0.6 is 23.6 Å². The first-order valence-electron chi connectivity index (χ1n) is 3.57. The van der Waals surface area contributed by atoms with E-state index in [0.717, 1.165) is 0 Å². The van der Waals surface area contributed by atoms with Crippen LogP contribution in [0.15, 0.2) is 21.7 Å². The molecule has 0 aliphatic heterocycles. The Morgan fingerprint density at radius 2 is 2.31 bits per heavy atom. The molecular weight excluding hydrogens is 226 g/mol. The molecule has 0 saturated carbocycles. The fourth-order valence-electron chi connectivity index (χ4n) is 0.776. The zero-order valence-electron chi connectivity index (χ0n) is 6.76. The Kier molecular flexibility index (Phi) is 3.40. The van der Waals surface area contributed by atoms with E-state index in [-0.39, 0.29) is 17.2 Å². The largest absolute Gasteiger partial charge is 0.393 e. The zero-order valence-corrected chi connectivity index (χ0v) is 9.21. The van der Waals surface area contributed by atoms with Crippen LogP contribution in [-0.2, 0) is 9.84 Å². The second kappa shape index (κ2) is 4.17. The molecule has 0 amide bonds. The highest BCUT2D eigenvalue weighted by Crippen LogP contribution is 2.17. The lowest BCUT2D eigenvalue weighted by Crippen LogP contribution is -2.14. The highest BCUT2D eigenvalue weighted by atomic mass is 32.2. The molecule has 72 valence electrons. The summed E-state index contributed by atoms with van der Waals surface area (Å²) in [4.78, 5) is 0.236. The van der Waals surface area contributed by atoms with Crippen molar-refractivity contribution >= 4 is 38.4 Å². The van der Waals surface area contributed by atoms with E-state index in [2.05, 4.69) is 12.2 Å². The van der Waals surface area contributed by atoms with Crippen molar-refractivity contribution < 1.29 is 8.42 Å². The van der Waals surface area contributed by atoms with Crippen molar-refractivity contribution in [3.8, 4) is 0 Å². The van der Waals surface area contributed by atoms with Crippen LogP contribution in [-0.4, -0.2) is 19.2 Å². The minimum atomic E-state index is -3.16. The van der Waals surface area contributed by atoms with Crippen LogP contribution < -0.4 is 5.73 Å². The zero-order chi connectivity index (χ0) is 9.90. The van der Waals surface area contributed by atoms with Gasteiger partial charge < -0.3 is 5.73 Å². The fourth-order valence-corrected chi connectivity index (χ4v) is 3.43. The van der Waals surface area contributed by atoms with Gasteiger partial charge in [0.05, 0.1) is 10.7 Å². The standard InChI is InChI=1S/C7H9NO2S3/c8-6(11)3-5-13(9,10)7-2-1-4-12-7/h1-2,4H,3,5H2,(H2,8,11). The number of rotatable bonds is 4. The lowest BCUT2D eigenvalue weighted by molar-refractivity contribution is 0.598. The summed E-state index contributed by atoms with van der Waals surface area (Å²) in [6.45, 7) is 0. The van der Waals surface area contributed by atoms with Gasteiger partial charge in [0, 0.05) is 6.42 Å². The molecule has 13 heavy (non-hydrogen) atoms. The third kappa shape index (κ3) is 3.06. The highest BCUT2D eigenvalue weighted by Gasteiger charge is 2.14. The van der Waals surface area contributed by atoms with Crippen LogP contribution in [0.4, 0.5) is 0 Å². The van der Waals surface area contributed by atoms with Crippen LogP contribution in [0.3, 0.4) is 0 Å². The van der Waals surface area contributed by atoms with Gasteiger partial charge in [0.1, 0.15) is 4.21 Å². The Bertz CT molecular complexity index is 380. The molecule has 1 rings (SSSR count). The van der Waals surface area contributed by atoms with E-state index in [1.165, 1.54) is 11.3 Å². The predicted octanol–water partition coefficient (Wildman–Crippen LogP) is 1.20. The van der Waals surface area contributed by atoms with Gasteiger partial charge in [0.2, 0.25) is 0 Å². The second-order valence-corrected chi connectivity index (χ2v) is 6.28. The molecule has 3 nitrogen and oxygen atoms in total. The van der Waals surface area contributed by atoms with Gasteiger partial charge >= 0.3 is 0 Å². The van der Waals surface area contributed by atoms with E-state index in [0.29, 0.717) is 4.21 Å². The number of thiocarbonyl (C=S) groups is 1. The Labute approximate surface area is 86.5 Å². The minimum Gasteiger partial charge on any atom is -0.393 e. The summed E-state index contributed by atoms with van der Waals surface area (Å²) < 4.78 is 23.4. The van der Waals surface area contributed by atoms with Crippen LogP contribution in [0.2, 0.25) is 0 Å². The van der Waals surface area contributed by atoms with Crippen LogP contribution in [0, 0.1) is 0 Å². The average molecular weight is 235 g/mol. The van der Waals surface area contributed by atoms with E-state index in [4.69, 9.17) is 5.73 Å². The third-order valence-corrected chi connectivity index (χ3v) is 4.83. The molecule has 0 atom stereocenters. The number of hydrogen-bond acceptors (Lipinski definition) is 4. The van der Waals surface area contributed by atoms with E-state index >= 15 is 0 Å². The first kappa shape index (κ1) is 10.6. The first-order valence-corrected chi connectivity index (χ1v) is 6.51. The highest BCUT2D eigenvalue weighted by molar-refractivity contribution is 7.93. The summed E-state index contributed by atoms with van der Waals surface area (Å²) in [6.07, 6.45) is 0.246. The number of thiophene rings is 1. The van der Waals surface area contributed by atoms with E-state index in [9.17, 15) is 8.42 Å². The Balaban J connectivity index is 2.74. The minimum absolute atomic E-state index is 0.00282. The van der Waals surface area contributed by atoms with Crippen molar-refractivity contribution in [2.24, 2.45) is 5.73 Å². The molecule has 0 aromatic carbocycles. The van der Waals surface area contributed by atoms with Gasteiger partial charge in [-0.2, -0.15) is 0 Å². The molecule has 0 saturated heterocycles. The van der Waals surface area contributed by atoms with Crippen LogP contribution in [0.5, 0.6) is 0 Å². The monoisotopic (exact) mass is 235 g/mol. The van der Waals surface area contributed by atoms with Gasteiger partial charge in [0.25, 0.3) is 0 Å². The maximum absolute atomic E-state index is 11.5. The lowest BCUT2D eigenvalue weighted by atomic mass is 10.5. The maximum Gasteiger partial charge on any atom is 0.188 e. The number of sulfone groups is 1. The molecule has 0 spiro atoms. The van der Waals surface area contributed by atoms with Crippen molar-refractivity contribution in [1.82, 2.24) is 0 Å². The fraction of sp³-hybridized carbons (Fsp3) is 0.286. The second-order valence-electron chi connectivity index (χ2n) is 2.47. The van der Waals surface area contributed by atoms with Crippen LogP contribution in [0.25, 0.3) is 0 Å². The summed E-state index contributed by atoms with van der Waals surface area (Å²) in [5, 5.41) is 1.73. The molecule has 0 aliphatic rings. The SMILES string of the molecule is NC(=S)CCS(=O)(=O)c1cccs1. The molecule has 0 unspecified atom stereocenters. The van der Waals surface area contributed by atoms with Gasteiger partial charge in [-0.3, -0.25) is 0 Å². The Morgan fingerprint density at radius 1 is 1.62 bits per heavy atom. The quantitative estimate of drug-likeness (QED) is 0.797. The average Bonchev–Trinajstić information content (AvgIpc) is 2.53. The van der Waals surface area contributed by atoms with Crippen molar-refractivity contribution in [2.45, 2.75) is 10.6 Å². The molecular formula is C7H9NO2S3. The van der Waals surface area contributed by atoms with Gasteiger partial charge in [0.15, 0.2) is 9.84 Å². The summed E-state index contributed by atoms with van der Waals surface area (Å²) in [6, 6.07) is 3.29. The first-order chi connectivity index (χ1) is 6.02. The molecule has 0 aliphatic carbocycles. The van der Waals surface area contributed by atoms with Crippen molar-refractivity contribution in [1.29, 1.82) is 0 Å². The smallest absolute Gasteiger partial charge is 0.188 e. The van der Waals surface area contributed by atoms with Gasteiger partial charge in [-0.1, -0.05) is 18.3 Å². The molecule has 1 aromatic rings. The summed E-state index contributed by atoms with van der Waals surface area (Å²) >= 11 is 5.82. The van der Waals surface area contributed by atoms with Crippen molar-refractivity contribution in [2.75, 3.05) is 5.75 Å². The van der Waals surface area contributed by atoms with Gasteiger partial charge in [-0.15, -0.1) is 11.3 Å². The molecule has 0 radical (unpaired) electrons. The molecule has 1 aromatic heterocycles. The van der Waals surface area contributed by atoms with Crippen molar-refractivity contribution in [3.05, 3.63) is 17.5 Å². The molecule has 1 heterocycles. The van der Waals surface area contributed by atoms with E-state index in [1.807, 2.05) is 0 Å².